The highest BCUT2D eigenvalue weighted by atomic mass is 79.9. The molecule has 0 amide bonds. The molecule has 0 aliphatic rings. The number of carbonyl (C=O) groups is 1. The van der Waals surface area contributed by atoms with E-state index in [9.17, 15) is 4.79 Å². The van der Waals surface area contributed by atoms with Crippen molar-refractivity contribution in [3.05, 3.63) is 33.8 Å². The lowest BCUT2D eigenvalue weighted by Crippen LogP contribution is -2.28. The van der Waals surface area contributed by atoms with Gasteiger partial charge < -0.3 is 10.0 Å². The predicted molar refractivity (Wildman–Crippen MR) is 72.0 cm³/mol. The summed E-state index contributed by atoms with van der Waals surface area (Å²) in [6.45, 7) is 5.11. The Labute approximate surface area is 111 Å². The monoisotopic (exact) mass is 299 g/mol. The molecular weight excluding hydrogens is 282 g/mol. The molecule has 0 saturated heterocycles. The highest BCUT2D eigenvalue weighted by Crippen LogP contribution is 2.18. The second-order valence-electron chi connectivity index (χ2n) is 4.52. The number of benzene rings is 1. The highest BCUT2D eigenvalue weighted by molar-refractivity contribution is 9.10. The zero-order valence-electron chi connectivity index (χ0n) is 10.4. The lowest BCUT2D eigenvalue weighted by molar-refractivity contribution is -0.141. The molecule has 0 aliphatic carbocycles. The van der Waals surface area contributed by atoms with Crippen LogP contribution in [0.25, 0.3) is 0 Å². The fourth-order valence-corrected chi connectivity index (χ4v) is 1.97. The van der Waals surface area contributed by atoms with E-state index in [0.29, 0.717) is 6.54 Å². The number of carboxylic acid groups (broad SMARTS) is 1. The van der Waals surface area contributed by atoms with Gasteiger partial charge in [-0.15, -0.1) is 0 Å². The van der Waals surface area contributed by atoms with Crippen molar-refractivity contribution in [2.45, 2.75) is 20.4 Å². The first-order chi connectivity index (χ1) is 7.90. The van der Waals surface area contributed by atoms with Gasteiger partial charge in [0.25, 0.3) is 0 Å². The SMILES string of the molecule is Cc1cc(CN(C)CC(C)C(=O)O)ccc1Br. The molecule has 0 heterocycles. The third-order valence-electron chi connectivity index (χ3n) is 2.68. The maximum atomic E-state index is 10.8. The maximum absolute atomic E-state index is 10.8. The topological polar surface area (TPSA) is 40.5 Å². The molecule has 0 spiro atoms. The fraction of sp³-hybridized carbons (Fsp3) is 0.462. The molecule has 1 rings (SSSR count). The van der Waals surface area contributed by atoms with Gasteiger partial charge in [0.2, 0.25) is 0 Å². The van der Waals surface area contributed by atoms with Crippen molar-refractivity contribution < 1.29 is 9.90 Å². The quantitative estimate of drug-likeness (QED) is 0.909. The lowest BCUT2D eigenvalue weighted by Gasteiger charge is -2.19. The van der Waals surface area contributed by atoms with Crippen molar-refractivity contribution in [1.29, 1.82) is 0 Å². The molecule has 1 aromatic carbocycles. The Bertz CT molecular complexity index is 406. The summed E-state index contributed by atoms with van der Waals surface area (Å²) in [6, 6.07) is 6.20. The van der Waals surface area contributed by atoms with E-state index in [1.807, 2.05) is 24.9 Å². The third-order valence-corrected chi connectivity index (χ3v) is 3.57. The fourth-order valence-electron chi connectivity index (χ4n) is 1.73. The van der Waals surface area contributed by atoms with Crippen LogP contribution in [-0.2, 0) is 11.3 Å². The molecule has 0 aliphatic heterocycles. The Kier molecular flexibility index (Phi) is 5.15. The van der Waals surface area contributed by atoms with E-state index in [2.05, 4.69) is 28.1 Å². The summed E-state index contributed by atoms with van der Waals surface area (Å²) in [7, 11) is 1.94. The average molecular weight is 300 g/mol. The first-order valence-corrected chi connectivity index (χ1v) is 6.36. The third kappa shape index (κ3) is 4.48. The van der Waals surface area contributed by atoms with Gasteiger partial charge in [0.05, 0.1) is 5.92 Å². The molecule has 4 heteroatoms. The Morgan fingerprint density at radius 2 is 2.18 bits per heavy atom. The maximum Gasteiger partial charge on any atom is 0.307 e. The van der Waals surface area contributed by atoms with Crippen molar-refractivity contribution in [3.63, 3.8) is 0 Å². The molecule has 3 nitrogen and oxygen atoms in total. The average Bonchev–Trinajstić information content (AvgIpc) is 2.23. The minimum atomic E-state index is -0.746. The molecule has 1 atom stereocenters. The predicted octanol–water partition coefficient (Wildman–Crippen LogP) is 2.91. The van der Waals surface area contributed by atoms with E-state index in [1.54, 1.807) is 6.92 Å². The van der Waals surface area contributed by atoms with Gasteiger partial charge in [-0.25, -0.2) is 0 Å². The van der Waals surface area contributed by atoms with Gasteiger partial charge in [-0.3, -0.25) is 4.79 Å². The summed E-state index contributed by atoms with van der Waals surface area (Å²) < 4.78 is 1.10. The van der Waals surface area contributed by atoms with Crippen molar-refractivity contribution in [1.82, 2.24) is 4.90 Å². The summed E-state index contributed by atoms with van der Waals surface area (Å²) in [6.07, 6.45) is 0. The zero-order chi connectivity index (χ0) is 13.0. The van der Waals surface area contributed by atoms with Crippen molar-refractivity contribution >= 4 is 21.9 Å². The molecule has 0 saturated carbocycles. The van der Waals surface area contributed by atoms with Crippen LogP contribution in [0.3, 0.4) is 0 Å². The van der Waals surface area contributed by atoms with E-state index in [4.69, 9.17) is 5.11 Å². The van der Waals surface area contributed by atoms with E-state index in [1.165, 1.54) is 11.1 Å². The number of rotatable bonds is 5. The lowest BCUT2D eigenvalue weighted by atomic mass is 10.1. The molecule has 17 heavy (non-hydrogen) atoms. The van der Waals surface area contributed by atoms with Crippen LogP contribution >= 0.6 is 15.9 Å². The molecule has 1 aromatic rings. The second kappa shape index (κ2) is 6.17. The summed E-state index contributed by atoms with van der Waals surface area (Å²) in [5.41, 5.74) is 2.40. The van der Waals surface area contributed by atoms with Crippen LogP contribution in [0, 0.1) is 12.8 Å². The summed E-state index contributed by atoms with van der Waals surface area (Å²) in [5, 5.41) is 8.84. The van der Waals surface area contributed by atoms with Crippen molar-refractivity contribution in [3.8, 4) is 0 Å². The largest absolute Gasteiger partial charge is 0.481 e. The van der Waals surface area contributed by atoms with Crippen molar-refractivity contribution in [2.75, 3.05) is 13.6 Å². The molecule has 0 fully saturated rings. The Morgan fingerprint density at radius 3 is 2.71 bits per heavy atom. The van der Waals surface area contributed by atoms with Crippen LogP contribution in [0.4, 0.5) is 0 Å². The van der Waals surface area contributed by atoms with Crippen molar-refractivity contribution in [2.24, 2.45) is 5.92 Å². The minimum Gasteiger partial charge on any atom is -0.481 e. The van der Waals surface area contributed by atoms with Crippen LogP contribution in [0.1, 0.15) is 18.1 Å². The van der Waals surface area contributed by atoms with Gasteiger partial charge in [0.15, 0.2) is 0 Å². The first-order valence-electron chi connectivity index (χ1n) is 5.56. The van der Waals surface area contributed by atoms with Crippen LogP contribution in [0.2, 0.25) is 0 Å². The minimum absolute atomic E-state index is 0.337. The molecular formula is C13H18BrNO2. The van der Waals surface area contributed by atoms with E-state index in [0.717, 1.165) is 11.0 Å². The number of aliphatic carboxylic acids is 1. The normalized spacial score (nSPS) is 12.8. The number of hydrogen-bond donors (Lipinski definition) is 1. The molecule has 1 unspecified atom stereocenters. The van der Waals surface area contributed by atoms with Gasteiger partial charge >= 0.3 is 5.97 Å². The standard InChI is InChI=1S/C13H18BrNO2/c1-9-6-11(4-5-12(9)14)8-15(3)7-10(2)13(16)17/h4-6,10H,7-8H2,1-3H3,(H,16,17). The number of carboxylic acids is 1. The van der Waals surface area contributed by atoms with E-state index in [-0.39, 0.29) is 5.92 Å². The Balaban J connectivity index is 2.58. The highest BCUT2D eigenvalue weighted by Gasteiger charge is 2.13. The number of hydrogen-bond acceptors (Lipinski definition) is 2. The van der Waals surface area contributed by atoms with E-state index < -0.39 is 5.97 Å². The van der Waals surface area contributed by atoms with Gasteiger partial charge in [-0.2, -0.15) is 0 Å². The number of aryl methyl sites for hydroxylation is 1. The van der Waals surface area contributed by atoms with Crippen LogP contribution in [0.5, 0.6) is 0 Å². The number of nitrogens with zero attached hydrogens (tertiary/aromatic N) is 1. The Hall–Kier alpha value is -0.870. The molecule has 0 radical (unpaired) electrons. The first kappa shape index (κ1) is 14.2. The van der Waals surface area contributed by atoms with Gasteiger partial charge in [0, 0.05) is 17.6 Å². The van der Waals surface area contributed by atoms with Crippen LogP contribution in [0.15, 0.2) is 22.7 Å². The summed E-state index contributed by atoms with van der Waals surface area (Å²) in [4.78, 5) is 12.8. The van der Waals surface area contributed by atoms with Gasteiger partial charge in [-0.1, -0.05) is 35.0 Å². The van der Waals surface area contributed by atoms with Crippen LogP contribution < -0.4 is 0 Å². The molecule has 1 N–H and O–H groups in total. The second-order valence-corrected chi connectivity index (χ2v) is 5.37. The summed E-state index contributed by atoms with van der Waals surface area (Å²) >= 11 is 3.46. The number of halogens is 1. The Morgan fingerprint density at radius 1 is 1.53 bits per heavy atom. The molecule has 94 valence electrons. The molecule has 0 bridgehead atoms. The van der Waals surface area contributed by atoms with Gasteiger partial charge in [0.1, 0.15) is 0 Å². The summed E-state index contributed by atoms with van der Waals surface area (Å²) in [5.74, 6) is -1.08. The van der Waals surface area contributed by atoms with Crippen LogP contribution in [-0.4, -0.2) is 29.6 Å². The van der Waals surface area contributed by atoms with E-state index >= 15 is 0 Å². The smallest absolute Gasteiger partial charge is 0.307 e. The zero-order valence-corrected chi connectivity index (χ0v) is 12.0. The molecule has 0 aromatic heterocycles. The van der Waals surface area contributed by atoms with Gasteiger partial charge in [-0.05, 0) is 31.2 Å².